The number of ether oxygens (including phenoxy) is 1. The Morgan fingerprint density at radius 2 is 2.06 bits per heavy atom. The van der Waals surface area contributed by atoms with Gasteiger partial charge in [0.15, 0.2) is 0 Å². The minimum absolute atomic E-state index is 0.0512. The van der Waals surface area contributed by atoms with Crippen molar-refractivity contribution in [3.8, 4) is 5.75 Å². The van der Waals surface area contributed by atoms with E-state index in [1.54, 1.807) is 17.9 Å². The minimum Gasteiger partial charge on any atom is -0.497 e. The molecule has 3 heteroatoms. The Balaban J connectivity index is 2.31. The first-order valence-corrected chi connectivity index (χ1v) is 5.49. The molecular formula is C14H15NO2. The SMILES string of the molecule is COc1cccc(Cn2cccc(C)c2=O)c1. The zero-order valence-electron chi connectivity index (χ0n) is 10.0. The van der Waals surface area contributed by atoms with Crippen molar-refractivity contribution in [3.63, 3.8) is 0 Å². The lowest BCUT2D eigenvalue weighted by molar-refractivity contribution is 0.414. The van der Waals surface area contributed by atoms with Gasteiger partial charge in [-0.2, -0.15) is 0 Å². The molecule has 88 valence electrons. The van der Waals surface area contributed by atoms with Crippen molar-refractivity contribution >= 4 is 0 Å². The molecule has 0 aliphatic rings. The lowest BCUT2D eigenvalue weighted by Crippen LogP contribution is -2.21. The molecule has 3 nitrogen and oxygen atoms in total. The summed E-state index contributed by atoms with van der Waals surface area (Å²) in [5.74, 6) is 0.809. The predicted octanol–water partition coefficient (Wildman–Crippen LogP) is 2.21. The maximum atomic E-state index is 11.9. The first kappa shape index (κ1) is 11.5. The summed E-state index contributed by atoms with van der Waals surface area (Å²) in [6.45, 7) is 2.39. The normalized spacial score (nSPS) is 10.2. The summed E-state index contributed by atoms with van der Waals surface area (Å²) in [7, 11) is 1.64. The van der Waals surface area contributed by atoms with Gasteiger partial charge >= 0.3 is 0 Å². The van der Waals surface area contributed by atoms with Gasteiger partial charge in [-0.05, 0) is 30.7 Å². The zero-order chi connectivity index (χ0) is 12.3. The number of pyridine rings is 1. The zero-order valence-corrected chi connectivity index (χ0v) is 10.0. The molecule has 0 aliphatic heterocycles. The molecule has 0 saturated carbocycles. The van der Waals surface area contributed by atoms with E-state index in [0.717, 1.165) is 16.9 Å². The van der Waals surface area contributed by atoms with Gasteiger partial charge in [-0.25, -0.2) is 0 Å². The average molecular weight is 229 g/mol. The molecule has 0 aliphatic carbocycles. The number of methoxy groups -OCH3 is 1. The number of aromatic nitrogens is 1. The van der Waals surface area contributed by atoms with Crippen LogP contribution in [0.5, 0.6) is 5.75 Å². The molecule has 0 fully saturated rings. The van der Waals surface area contributed by atoms with E-state index in [0.29, 0.717) is 6.54 Å². The topological polar surface area (TPSA) is 31.2 Å². The number of hydrogen-bond donors (Lipinski definition) is 0. The summed E-state index contributed by atoms with van der Waals surface area (Å²) >= 11 is 0. The Labute approximate surface area is 100 Å². The molecule has 1 aromatic carbocycles. The van der Waals surface area contributed by atoms with E-state index in [1.165, 1.54) is 0 Å². The van der Waals surface area contributed by atoms with Gasteiger partial charge in [-0.1, -0.05) is 18.2 Å². The second-order valence-corrected chi connectivity index (χ2v) is 3.98. The minimum atomic E-state index is 0.0512. The fraction of sp³-hybridized carbons (Fsp3) is 0.214. The molecule has 17 heavy (non-hydrogen) atoms. The number of benzene rings is 1. The van der Waals surface area contributed by atoms with Crippen molar-refractivity contribution in [2.45, 2.75) is 13.5 Å². The Morgan fingerprint density at radius 1 is 1.24 bits per heavy atom. The Bertz CT molecular complexity index is 572. The highest BCUT2D eigenvalue weighted by Gasteiger charge is 2.01. The van der Waals surface area contributed by atoms with Crippen LogP contribution in [0, 0.1) is 6.92 Å². The lowest BCUT2D eigenvalue weighted by atomic mass is 10.2. The molecule has 1 heterocycles. The van der Waals surface area contributed by atoms with Crippen LogP contribution in [0.25, 0.3) is 0 Å². The summed E-state index contributed by atoms with van der Waals surface area (Å²) in [6, 6.07) is 11.4. The van der Waals surface area contributed by atoms with Crippen molar-refractivity contribution in [2.75, 3.05) is 7.11 Å². The average Bonchev–Trinajstić information content (AvgIpc) is 2.35. The third-order valence-electron chi connectivity index (χ3n) is 2.70. The molecular weight excluding hydrogens is 214 g/mol. The molecule has 1 aromatic heterocycles. The molecule has 0 unspecified atom stereocenters. The maximum absolute atomic E-state index is 11.9. The molecule has 0 saturated heterocycles. The summed E-state index contributed by atoms with van der Waals surface area (Å²) in [4.78, 5) is 11.9. The first-order chi connectivity index (χ1) is 8.20. The van der Waals surface area contributed by atoms with Gasteiger partial charge in [-0.15, -0.1) is 0 Å². The quantitative estimate of drug-likeness (QED) is 0.808. The van der Waals surface area contributed by atoms with E-state index >= 15 is 0 Å². The van der Waals surface area contributed by atoms with Crippen LogP contribution >= 0.6 is 0 Å². The number of hydrogen-bond acceptors (Lipinski definition) is 2. The van der Waals surface area contributed by atoms with Gasteiger partial charge in [-0.3, -0.25) is 4.79 Å². The molecule has 0 bridgehead atoms. The van der Waals surface area contributed by atoms with Gasteiger partial charge in [0, 0.05) is 11.8 Å². The third-order valence-corrected chi connectivity index (χ3v) is 2.70. The fourth-order valence-electron chi connectivity index (χ4n) is 1.75. The Kier molecular flexibility index (Phi) is 3.28. The standard InChI is InChI=1S/C14H15NO2/c1-11-5-4-8-15(14(11)16)10-12-6-3-7-13(9-12)17-2/h3-9H,10H2,1-2H3. The van der Waals surface area contributed by atoms with Gasteiger partial charge in [0.05, 0.1) is 13.7 Å². The van der Waals surface area contributed by atoms with E-state index < -0.39 is 0 Å². The highest BCUT2D eigenvalue weighted by Crippen LogP contribution is 2.13. The Morgan fingerprint density at radius 3 is 2.82 bits per heavy atom. The van der Waals surface area contributed by atoms with Crippen LogP contribution < -0.4 is 10.3 Å². The molecule has 0 amide bonds. The van der Waals surface area contributed by atoms with Crippen molar-refractivity contribution in [1.82, 2.24) is 4.57 Å². The monoisotopic (exact) mass is 229 g/mol. The number of aryl methyl sites for hydroxylation is 1. The summed E-state index contributed by atoms with van der Waals surface area (Å²) < 4.78 is 6.86. The number of rotatable bonds is 3. The van der Waals surface area contributed by atoms with E-state index in [-0.39, 0.29) is 5.56 Å². The maximum Gasteiger partial charge on any atom is 0.253 e. The summed E-state index contributed by atoms with van der Waals surface area (Å²) in [5, 5.41) is 0. The van der Waals surface area contributed by atoms with E-state index in [1.807, 2.05) is 43.3 Å². The molecule has 0 radical (unpaired) electrons. The van der Waals surface area contributed by atoms with Crippen molar-refractivity contribution in [2.24, 2.45) is 0 Å². The third kappa shape index (κ3) is 2.56. The van der Waals surface area contributed by atoms with Gasteiger partial charge in [0.25, 0.3) is 5.56 Å². The fourth-order valence-corrected chi connectivity index (χ4v) is 1.75. The van der Waals surface area contributed by atoms with Crippen LogP contribution in [0.3, 0.4) is 0 Å². The van der Waals surface area contributed by atoms with Gasteiger partial charge in [0.2, 0.25) is 0 Å². The smallest absolute Gasteiger partial charge is 0.253 e. The van der Waals surface area contributed by atoms with E-state index in [2.05, 4.69) is 0 Å². The molecule has 2 rings (SSSR count). The van der Waals surface area contributed by atoms with Gasteiger partial charge < -0.3 is 9.30 Å². The summed E-state index contributed by atoms with van der Waals surface area (Å²) in [5.41, 5.74) is 1.86. The predicted molar refractivity (Wildman–Crippen MR) is 67.5 cm³/mol. The van der Waals surface area contributed by atoms with Gasteiger partial charge in [0.1, 0.15) is 5.75 Å². The van der Waals surface area contributed by atoms with E-state index in [9.17, 15) is 4.79 Å². The van der Waals surface area contributed by atoms with Crippen LogP contribution in [-0.4, -0.2) is 11.7 Å². The highest BCUT2D eigenvalue weighted by molar-refractivity contribution is 5.28. The molecule has 2 aromatic rings. The van der Waals surface area contributed by atoms with E-state index in [4.69, 9.17) is 4.74 Å². The molecule has 0 spiro atoms. The molecule has 0 N–H and O–H groups in total. The highest BCUT2D eigenvalue weighted by atomic mass is 16.5. The largest absolute Gasteiger partial charge is 0.497 e. The van der Waals surface area contributed by atoms with Crippen molar-refractivity contribution in [1.29, 1.82) is 0 Å². The van der Waals surface area contributed by atoms with Crippen molar-refractivity contribution < 1.29 is 4.74 Å². The second kappa shape index (κ2) is 4.87. The van der Waals surface area contributed by atoms with Crippen LogP contribution in [0.2, 0.25) is 0 Å². The summed E-state index contributed by atoms with van der Waals surface area (Å²) in [6.07, 6.45) is 1.80. The molecule has 0 atom stereocenters. The first-order valence-electron chi connectivity index (χ1n) is 5.49. The Hall–Kier alpha value is -2.03. The number of nitrogens with zero attached hydrogens (tertiary/aromatic N) is 1. The van der Waals surface area contributed by atoms with Crippen molar-refractivity contribution in [3.05, 3.63) is 64.1 Å². The van der Waals surface area contributed by atoms with Crippen LogP contribution in [-0.2, 0) is 6.54 Å². The van der Waals surface area contributed by atoms with Crippen LogP contribution in [0.1, 0.15) is 11.1 Å². The lowest BCUT2D eigenvalue weighted by Gasteiger charge is -2.07. The van der Waals surface area contributed by atoms with Crippen LogP contribution in [0.15, 0.2) is 47.4 Å². The van der Waals surface area contributed by atoms with Crippen LogP contribution in [0.4, 0.5) is 0 Å². The second-order valence-electron chi connectivity index (χ2n) is 3.98.